The Morgan fingerprint density at radius 1 is 1.25 bits per heavy atom. The Morgan fingerprint density at radius 2 is 2.10 bits per heavy atom. The van der Waals surface area contributed by atoms with Gasteiger partial charge in [0.2, 0.25) is 5.28 Å². The lowest BCUT2D eigenvalue weighted by molar-refractivity contribution is 0.637. The van der Waals surface area contributed by atoms with Crippen LogP contribution < -0.4 is 10.4 Å². The summed E-state index contributed by atoms with van der Waals surface area (Å²) in [5.74, 6) is 0. The van der Waals surface area contributed by atoms with Crippen molar-refractivity contribution in [1.29, 1.82) is 0 Å². The lowest BCUT2D eigenvalue weighted by Crippen LogP contribution is -2.31. The monoisotopic (exact) mass is 302 g/mol. The van der Waals surface area contributed by atoms with Gasteiger partial charge in [0.1, 0.15) is 0 Å². The minimum Gasteiger partial charge on any atom is -0.310 e. The van der Waals surface area contributed by atoms with Crippen LogP contribution in [0.1, 0.15) is 17.3 Å². The van der Waals surface area contributed by atoms with Gasteiger partial charge in [0.25, 0.3) is 0 Å². The van der Waals surface area contributed by atoms with E-state index in [1.165, 1.54) is 5.56 Å². The van der Waals surface area contributed by atoms with Crippen molar-refractivity contribution in [3.05, 3.63) is 52.3 Å². The molecule has 1 N–H and O–H groups in total. The van der Waals surface area contributed by atoms with E-state index in [0.29, 0.717) is 5.28 Å². The van der Waals surface area contributed by atoms with E-state index in [4.69, 9.17) is 11.6 Å². The third-order valence-electron chi connectivity index (χ3n) is 3.51. The van der Waals surface area contributed by atoms with Crippen molar-refractivity contribution in [2.45, 2.75) is 6.04 Å². The van der Waals surface area contributed by atoms with Crippen LogP contribution >= 0.6 is 22.9 Å². The number of halogens is 1. The van der Waals surface area contributed by atoms with Crippen LogP contribution in [0.15, 0.2) is 35.7 Å². The van der Waals surface area contributed by atoms with E-state index in [0.717, 1.165) is 21.6 Å². The quantitative estimate of drug-likeness (QED) is 0.700. The second-order valence-corrected chi connectivity index (χ2v) is 5.95. The van der Waals surface area contributed by atoms with E-state index in [9.17, 15) is 0 Å². The summed E-state index contributed by atoms with van der Waals surface area (Å²) in [5, 5.41) is 4.33. The zero-order chi connectivity index (χ0) is 13.7. The standard InChI is InChI=1S/C14H11ClN4S/c1-19-10-5-3-2-4-8(10)11(18-19)12-13-9(6-7-20-13)16-14(15)17-12/h2-7,11,18H,1H3. The number of hydrogen-bond acceptors (Lipinski definition) is 5. The summed E-state index contributed by atoms with van der Waals surface area (Å²) in [6.45, 7) is 0. The van der Waals surface area contributed by atoms with Gasteiger partial charge in [-0.2, -0.15) is 0 Å². The first kappa shape index (κ1) is 12.1. The summed E-state index contributed by atoms with van der Waals surface area (Å²) in [4.78, 5) is 8.73. The molecule has 4 rings (SSSR count). The van der Waals surface area contributed by atoms with Crippen LogP contribution in [-0.4, -0.2) is 17.0 Å². The Hall–Kier alpha value is -1.69. The highest BCUT2D eigenvalue weighted by atomic mass is 35.5. The van der Waals surface area contributed by atoms with E-state index in [1.807, 2.05) is 35.6 Å². The van der Waals surface area contributed by atoms with Gasteiger partial charge in [-0.3, -0.25) is 0 Å². The highest BCUT2D eigenvalue weighted by molar-refractivity contribution is 7.17. The minimum absolute atomic E-state index is 0.0119. The number of hydrogen-bond donors (Lipinski definition) is 1. The molecule has 0 amide bonds. The number of thiophene rings is 1. The van der Waals surface area contributed by atoms with Crippen LogP contribution in [0.4, 0.5) is 5.69 Å². The van der Waals surface area contributed by atoms with E-state index < -0.39 is 0 Å². The van der Waals surface area contributed by atoms with E-state index in [1.54, 1.807) is 11.3 Å². The number of nitrogens with zero attached hydrogens (tertiary/aromatic N) is 3. The first-order chi connectivity index (χ1) is 9.74. The Balaban J connectivity index is 1.95. The van der Waals surface area contributed by atoms with Gasteiger partial charge in [-0.15, -0.1) is 11.3 Å². The van der Waals surface area contributed by atoms with E-state index >= 15 is 0 Å². The molecule has 1 aromatic carbocycles. The first-order valence-electron chi connectivity index (χ1n) is 6.23. The molecule has 20 heavy (non-hydrogen) atoms. The molecule has 1 aliphatic rings. The van der Waals surface area contributed by atoms with E-state index in [-0.39, 0.29) is 6.04 Å². The van der Waals surface area contributed by atoms with Gasteiger partial charge >= 0.3 is 0 Å². The normalized spacial score (nSPS) is 17.7. The van der Waals surface area contributed by atoms with Gasteiger partial charge in [-0.25, -0.2) is 15.4 Å². The van der Waals surface area contributed by atoms with Crippen molar-refractivity contribution in [3.8, 4) is 0 Å². The van der Waals surface area contributed by atoms with Crippen LogP contribution in [0.2, 0.25) is 5.28 Å². The lowest BCUT2D eigenvalue weighted by Gasteiger charge is -2.15. The first-order valence-corrected chi connectivity index (χ1v) is 7.49. The number of anilines is 1. The molecule has 3 aromatic rings. The molecule has 100 valence electrons. The lowest BCUT2D eigenvalue weighted by atomic mass is 10.0. The van der Waals surface area contributed by atoms with Crippen LogP contribution in [0, 0.1) is 0 Å². The molecule has 3 heterocycles. The molecule has 0 saturated carbocycles. The fraction of sp³-hybridized carbons (Fsp3) is 0.143. The molecular weight excluding hydrogens is 292 g/mol. The van der Waals surface area contributed by atoms with Crippen LogP contribution in [0.25, 0.3) is 10.2 Å². The molecule has 0 bridgehead atoms. The summed E-state index contributed by atoms with van der Waals surface area (Å²) in [5.41, 5.74) is 7.65. The van der Waals surface area contributed by atoms with Gasteiger partial charge in [0.15, 0.2) is 0 Å². The average Bonchev–Trinajstić information content (AvgIpc) is 3.03. The molecule has 0 aliphatic carbocycles. The fourth-order valence-electron chi connectivity index (χ4n) is 2.63. The number of rotatable bonds is 1. The number of aromatic nitrogens is 2. The van der Waals surface area contributed by atoms with Crippen molar-refractivity contribution < 1.29 is 0 Å². The second kappa shape index (κ2) is 4.41. The average molecular weight is 303 g/mol. The summed E-state index contributed by atoms with van der Waals surface area (Å²) >= 11 is 7.71. The zero-order valence-electron chi connectivity index (χ0n) is 10.7. The predicted molar refractivity (Wildman–Crippen MR) is 82.2 cm³/mol. The number of nitrogens with one attached hydrogen (secondary N) is 1. The fourth-order valence-corrected chi connectivity index (χ4v) is 3.66. The Kier molecular flexibility index (Phi) is 2.66. The zero-order valence-corrected chi connectivity index (χ0v) is 12.2. The Labute approximate surface area is 125 Å². The summed E-state index contributed by atoms with van der Waals surface area (Å²) in [6, 6.07) is 10.3. The maximum absolute atomic E-state index is 6.06. The SMILES string of the molecule is CN1NC(c2nc(Cl)nc3ccsc23)c2ccccc21. The van der Waals surface area contributed by atoms with Crippen molar-refractivity contribution in [3.63, 3.8) is 0 Å². The molecule has 1 atom stereocenters. The molecule has 0 radical (unpaired) electrons. The van der Waals surface area contributed by atoms with Crippen molar-refractivity contribution in [2.75, 3.05) is 12.1 Å². The topological polar surface area (TPSA) is 41.0 Å². The summed E-state index contributed by atoms with van der Waals surface area (Å²) in [6.07, 6.45) is 0. The highest BCUT2D eigenvalue weighted by Gasteiger charge is 2.30. The van der Waals surface area contributed by atoms with Gasteiger partial charge in [0, 0.05) is 12.6 Å². The number of fused-ring (bicyclic) bond motifs is 2. The minimum atomic E-state index is 0.0119. The molecule has 6 heteroatoms. The third-order valence-corrected chi connectivity index (χ3v) is 4.60. The second-order valence-electron chi connectivity index (χ2n) is 4.69. The molecule has 1 unspecified atom stereocenters. The Morgan fingerprint density at radius 3 is 3.00 bits per heavy atom. The van der Waals surface area contributed by atoms with Crippen molar-refractivity contribution in [2.24, 2.45) is 0 Å². The predicted octanol–water partition coefficient (Wildman–Crippen LogP) is 3.39. The van der Waals surface area contributed by atoms with Gasteiger partial charge in [-0.05, 0) is 29.1 Å². The maximum atomic E-state index is 6.06. The van der Waals surface area contributed by atoms with Gasteiger partial charge < -0.3 is 5.01 Å². The molecule has 0 spiro atoms. The smallest absolute Gasteiger partial charge is 0.223 e. The molecular formula is C14H11ClN4S. The van der Waals surface area contributed by atoms with Crippen molar-refractivity contribution in [1.82, 2.24) is 15.4 Å². The number of para-hydroxylation sites is 1. The van der Waals surface area contributed by atoms with Crippen molar-refractivity contribution >= 4 is 38.8 Å². The molecule has 4 nitrogen and oxygen atoms in total. The third kappa shape index (κ3) is 1.71. The molecule has 0 saturated heterocycles. The summed E-state index contributed by atoms with van der Waals surface area (Å²) < 4.78 is 1.08. The largest absolute Gasteiger partial charge is 0.310 e. The Bertz CT molecular complexity index is 801. The number of hydrazine groups is 1. The van der Waals surface area contributed by atoms with Crippen LogP contribution in [-0.2, 0) is 0 Å². The molecule has 1 aliphatic heterocycles. The van der Waals surface area contributed by atoms with E-state index in [2.05, 4.69) is 27.5 Å². The molecule has 0 fully saturated rings. The van der Waals surface area contributed by atoms with Gasteiger partial charge in [0.05, 0.1) is 27.6 Å². The van der Waals surface area contributed by atoms with Crippen LogP contribution in [0.3, 0.4) is 0 Å². The number of benzene rings is 1. The highest BCUT2D eigenvalue weighted by Crippen LogP contribution is 2.38. The maximum Gasteiger partial charge on any atom is 0.223 e. The van der Waals surface area contributed by atoms with Gasteiger partial charge in [-0.1, -0.05) is 18.2 Å². The molecule has 2 aromatic heterocycles. The summed E-state index contributed by atoms with van der Waals surface area (Å²) in [7, 11) is 2.01. The van der Waals surface area contributed by atoms with Crippen LogP contribution in [0.5, 0.6) is 0 Å².